The number of fused-ring (bicyclic) bond motifs is 1. The summed E-state index contributed by atoms with van der Waals surface area (Å²) in [4.78, 5) is 26.7. The second-order valence-corrected chi connectivity index (χ2v) is 6.56. The van der Waals surface area contributed by atoms with Crippen LogP contribution in [-0.4, -0.2) is 41.8 Å². The Labute approximate surface area is 145 Å². The van der Waals surface area contributed by atoms with Crippen molar-refractivity contribution in [3.8, 4) is 5.75 Å². The Bertz CT molecular complexity index is 788. The highest BCUT2D eigenvalue weighted by Gasteiger charge is 2.71. The molecule has 3 aliphatic heterocycles. The number of hydrogen-bond acceptors (Lipinski definition) is 4. The van der Waals surface area contributed by atoms with Gasteiger partial charge in [-0.05, 0) is 18.6 Å². The van der Waals surface area contributed by atoms with Crippen molar-refractivity contribution in [2.75, 3.05) is 12.0 Å². The molecule has 1 amide bonds. The van der Waals surface area contributed by atoms with E-state index in [0.29, 0.717) is 17.9 Å². The summed E-state index contributed by atoms with van der Waals surface area (Å²) in [6.07, 6.45) is 5.30. The summed E-state index contributed by atoms with van der Waals surface area (Å²) in [5.74, 6) is -2.30. The van der Waals surface area contributed by atoms with E-state index in [2.05, 4.69) is 6.58 Å². The predicted octanol–water partition coefficient (Wildman–Crippen LogP) is 2.01. The summed E-state index contributed by atoms with van der Waals surface area (Å²) in [5, 5.41) is 9.64. The Morgan fingerprint density at radius 2 is 2.24 bits per heavy atom. The van der Waals surface area contributed by atoms with E-state index in [1.165, 1.54) is 0 Å². The maximum absolute atomic E-state index is 13.3. The number of amides is 1. The van der Waals surface area contributed by atoms with Gasteiger partial charge in [-0.3, -0.25) is 9.59 Å². The number of carbonyl (C=O) groups excluding carboxylic acids is 1. The van der Waals surface area contributed by atoms with Gasteiger partial charge in [-0.2, -0.15) is 0 Å². The van der Waals surface area contributed by atoms with Crippen molar-refractivity contribution in [2.24, 2.45) is 11.8 Å². The zero-order chi connectivity index (χ0) is 17.8. The van der Waals surface area contributed by atoms with Crippen molar-refractivity contribution in [1.82, 2.24) is 0 Å². The van der Waals surface area contributed by atoms with Gasteiger partial charge in [0, 0.05) is 0 Å². The molecule has 0 radical (unpaired) electrons. The molecule has 3 heterocycles. The molecule has 5 atom stereocenters. The van der Waals surface area contributed by atoms with Crippen molar-refractivity contribution < 1.29 is 24.2 Å². The average Bonchev–Trinajstić information content (AvgIpc) is 3.24. The SMILES string of the molecule is C=CC[C@@H]1N(c2ccccc2OC)C(=O)[C@H]2[C@H](C(=O)O)[C@H]3C=C[C@@]12O3. The third-order valence-corrected chi connectivity index (χ3v) is 5.44. The topological polar surface area (TPSA) is 76.1 Å². The van der Waals surface area contributed by atoms with Gasteiger partial charge in [0.25, 0.3) is 0 Å². The molecule has 6 heteroatoms. The van der Waals surface area contributed by atoms with Crippen LogP contribution in [0, 0.1) is 11.8 Å². The van der Waals surface area contributed by atoms with E-state index in [0.717, 1.165) is 0 Å². The normalized spacial score (nSPS) is 35.1. The van der Waals surface area contributed by atoms with Crippen LogP contribution in [0.3, 0.4) is 0 Å². The Balaban J connectivity index is 1.87. The molecule has 1 N–H and O–H groups in total. The summed E-state index contributed by atoms with van der Waals surface area (Å²) < 4.78 is 11.5. The van der Waals surface area contributed by atoms with Crippen LogP contribution >= 0.6 is 0 Å². The van der Waals surface area contributed by atoms with E-state index in [4.69, 9.17) is 9.47 Å². The molecule has 2 saturated heterocycles. The van der Waals surface area contributed by atoms with E-state index in [9.17, 15) is 14.7 Å². The molecule has 1 aromatic rings. The Morgan fingerprint density at radius 3 is 2.92 bits per heavy atom. The second-order valence-electron chi connectivity index (χ2n) is 6.56. The molecule has 2 bridgehead atoms. The van der Waals surface area contributed by atoms with Crippen LogP contribution in [0.15, 0.2) is 49.1 Å². The first kappa shape index (κ1) is 15.9. The summed E-state index contributed by atoms with van der Waals surface area (Å²) in [6, 6.07) is 6.87. The Morgan fingerprint density at radius 1 is 1.48 bits per heavy atom. The molecule has 25 heavy (non-hydrogen) atoms. The molecule has 1 aromatic carbocycles. The van der Waals surface area contributed by atoms with E-state index in [1.807, 2.05) is 18.2 Å². The molecule has 3 aliphatic rings. The molecular formula is C19H19NO5. The number of methoxy groups -OCH3 is 1. The van der Waals surface area contributed by atoms with Gasteiger partial charge in [0.2, 0.25) is 5.91 Å². The molecule has 2 fully saturated rings. The molecule has 4 rings (SSSR count). The number of hydrogen-bond donors (Lipinski definition) is 1. The van der Waals surface area contributed by atoms with Crippen LogP contribution in [0.2, 0.25) is 0 Å². The Kier molecular flexibility index (Phi) is 3.47. The Hall–Kier alpha value is -2.60. The lowest BCUT2D eigenvalue weighted by Gasteiger charge is -2.33. The fourth-order valence-corrected chi connectivity index (χ4v) is 4.49. The van der Waals surface area contributed by atoms with E-state index in [-0.39, 0.29) is 11.9 Å². The van der Waals surface area contributed by atoms with Gasteiger partial charge >= 0.3 is 5.97 Å². The highest BCUT2D eigenvalue weighted by molar-refractivity contribution is 6.04. The second kappa shape index (κ2) is 5.46. The van der Waals surface area contributed by atoms with E-state index in [1.54, 1.807) is 36.3 Å². The van der Waals surface area contributed by atoms with Crippen molar-refractivity contribution in [3.05, 3.63) is 49.1 Å². The van der Waals surface area contributed by atoms with Crippen LogP contribution in [0.4, 0.5) is 5.69 Å². The first-order valence-corrected chi connectivity index (χ1v) is 8.22. The number of benzene rings is 1. The fourth-order valence-electron chi connectivity index (χ4n) is 4.49. The number of ether oxygens (including phenoxy) is 2. The summed E-state index contributed by atoms with van der Waals surface area (Å²) >= 11 is 0. The van der Waals surface area contributed by atoms with Gasteiger partial charge in [0.15, 0.2) is 0 Å². The highest BCUT2D eigenvalue weighted by atomic mass is 16.5. The summed E-state index contributed by atoms with van der Waals surface area (Å²) in [6.45, 7) is 3.80. The minimum absolute atomic E-state index is 0.240. The predicted molar refractivity (Wildman–Crippen MR) is 90.4 cm³/mol. The molecule has 1 spiro atoms. The number of para-hydroxylation sites is 2. The number of carboxylic acids is 1. The summed E-state index contributed by atoms with van der Waals surface area (Å²) in [7, 11) is 1.54. The molecule has 0 aromatic heterocycles. The number of aliphatic carboxylic acids is 1. The maximum atomic E-state index is 13.3. The van der Waals surface area contributed by atoms with Crippen LogP contribution in [0.1, 0.15) is 6.42 Å². The lowest BCUT2D eigenvalue weighted by molar-refractivity contribution is -0.146. The molecule has 0 saturated carbocycles. The van der Waals surface area contributed by atoms with Gasteiger partial charge in [-0.15, -0.1) is 6.58 Å². The van der Waals surface area contributed by atoms with Crippen molar-refractivity contribution in [3.63, 3.8) is 0 Å². The van der Waals surface area contributed by atoms with Gasteiger partial charge in [-0.1, -0.05) is 30.4 Å². The van der Waals surface area contributed by atoms with Gasteiger partial charge in [-0.25, -0.2) is 0 Å². The van der Waals surface area contributed by atoms with Crippen molar-refractivity contribution in [1.29, 1.82) is 0 Å². The zero-order valence-electron chi connectivity index (χ0n) is 13.8. The van der Waals surface area contributed by atoms with Crippen LogP contribution < -0.4 is 9.64 Å². The van der Waals surface area contributed by atoms with Gasteiger partial charge in [0.1, 0.15) is 17.3 Å². The average molecular weight is 341 g/mol. The molecule has 0 unspecified atom stereocenters. The van der Waals surface area contributed by atoms with Crippen molar-refractivity contribution >= 4 is 17.6 Å². The lowest BCUT2D eigenvalue weighted by Crippen LogP contribution is -2.45. The standard InChI is InChI=1S/C19H19NO5/c1-3-6-14-19-10-9-13(25-19)15(18(22)23)16(19)17(21)20(14)11-7-4-5-8-12(11)24-2/h3-5,7-10,13-16H,1,6H2,2H3,(H,22,23)/t13-,14+,15-,16-,19-/m1/s1. The molecule has 6 nitrogen and oxygen atoms in total. The minimum Gasteiger partial charge on any atom is -0.495 e. The zero-order valence-corrected chi connectivity index (χ0v) is 13.8. The number of carboxylic acid groups (broad SMARTS) is 1. The molecule has 0 aliphatic carbocycles. The monoisotopic (exact) mass is 341 g/mol. The first-order valence-electron chi connectivity index (χ1n) is 8.22. The third-order valence-electron chi connectivity index (χ3n) is 5.44. The number of rotatable bonds is 5. The minimum atomic E-state index is -1.01. The first-order chi connectivity index (χ1) is 12.0. The lowest BCUT2D eigenvalue weighted by atomic mass is 9.74. The van der Waals surface area contributed by atoms with E-state index < -0.39 is 29.5 Å². The van der Waals surface area contributed by atoms with Gasteiger partial charge in [0.05, 0.1) is 30.9 Å². The van der Waals surface area contributed by atoms with E-state index >= 15 is 0 Å². The molecule has 130 valence electrons. The number of anilines is 1. The third kappa shape index (κ3) is 1.94. The maximum Gasteiger partial charge on any atom is 0.310 e. The number of carbonyl (C=O) groups is 2. The van der Waals surface area contributed by atoms with Gasteiger partial charge < -0.3 is 19.5 Å². The van der Waals surface area contributed by atoms with Crippen LogP contribution in [0.25, 0.3) is 0 Å². The fraction of sp³-hybridized carbons (Fsp3) is 0.368. The molecular weight excluding hydrogens is 322 g/mol. The summed E-state index contributed by atoms with van der Waals surface area (Å²) in [5.41, 5.74) is -0.310. The van der Waals surface area contributed by atoms with Crippen molar-refractivity contribution in [2.45, 2.75) is 24.2 Å². The van der Waals surface area contributed by atoms with Crippen LogP contribution in [0.5, 0.6) is 5.75 Å². The smallest absolute Gasteiger partial charge is 0.310 e. The quantitative estimate of drug-likeness (QED) is 0.829. The highest BCUT2D eigenvalue weighted by Crippen LogP contribution is 2.57. The largest absolute Gasteiger partial charge is 0.495 e. The number of nitrogens with zero attached hydrogens (tertiary/aromatic N) is 1. The van der Waals surface area contributed by atoms with Crippen LogP contribution in [-0.2, 0) is 14.3 Å².